The Labute approximate surface area is 154 Å². The zero-order valence-corrected chi connectivity index (χ0v) is 15.7. The van der Waals surface area contributed by atoms with Crippen LogP contribution < -0.4 is 9.46 Å². The molecule has 0 unspecified atom stereocenters. The van der Waals surface area contributed by atoms with E-state index in [0.29, 0.717) is 0 Å². The fourth-order valence-electron chi connectivity index (χ4n) is 2.34. The summed E-state index contributed by atoms with van der Waals surface area (Å²) in [5.74, 6) is -2.79. The predicted molar refractivity (Wildman–Crippen MR) is 92.0 cm³/mol. The molecular weight excluding hydrogens is 383 g/mol. The monoisotopic (exact) mass is 400 g/mol. The molecule has 2 N–H and O–H groups in total. The van der Waals surface area contributed by atoms with Crippen molar-refractivity contribution >= 4 is 27.6 Å². The summed E-state index contributed by atoms with van der Waals surface area (Å²) >= 11 is 0. The Morgan fingerprint density at radius 1 is 1.11 bits per heavy atom. The smallest absolute Gasteiger partial charge is 0.356 e. The molecule has 1 aromatic heterocycles. The zero-order chi connectivity index (χ0) is 20.4. The average molecular weight is 400 g/mol. The summed E-state index contributed by atoms with van der Waals surface area (Å²) in [6.07, 6.45) is 1.09. The first kappa shape index (κ1) is 20.2. The van der Waals surface area contributed by atoms with Gasteiger partial charge in [0.1, 0.15) is 11.3 Å². The summed E-state index contributed by atoms with van der Waals surface area (Å²) in [4.78, 5) is 25.8. The van der Waals surface area contributed by atoms with Gasteiger partial charge in [-0.1, -0.05) is 0 Å². The van der Waals surface area contributed by atoms with Gasteiger partial charge < -0.3 is 19.2 Å². The number of ether oxygens (including phenoxy) is 3. The molecule has 0 saturated heterocycles. The molecule has 2 rings (SSSR count). The van der Waals surface area contributed by atoms with Crippen molar-refractivity contribution in [2.24, 2.45) is 0 Å². The lowest BCUT2D eigenvalue weighted by Gasteiger charge is -2.13. The zero-order valence-electron chi connectivity index (χ0n) is 14.9. The minimum Gasteiger partial charge on any atom is -0.494 e. The standard InChI is InChI=1S/C16H17FN2O7S/c1-8-11(6-5-10(24-2)12(8)17)27(22,23)19-13-9(15(20)25-3)7-18-14(13)16(21)26-4/h5-7,18-19H,1-4H3. The van der Waals surface area contributed by atoms with Crippen LogP contribution in [-0.2, 0) is 19.5 Å². The Morgan fingerprint density at radius 2 is 1.74 bits per heavy atom. The number of anilines is 1. The van der Waals surface area contributed by atoms with Crippen LogP contribution in [0.4, 0.5) is 10.1 Å². The maximum absolute atomic E-state index is 14.2. The van der Waals surface area contributed by atoms with Crippen molar-refractivity contribution in [1.29, 1.82) is 0 Å². The summed E-state index contributed by atoms with van der Waals surface area (Å²) in [5.41, 5.74) is -1.12. The number of aromatic nitrogens is 1. The molecule has 0 aliphatic rings. The molecule has 146 valence electrons. The van der Waals surface area contributed by atoms with Crippen LogP contribution in [0.2, 0.25) is 0 Å². The Morgan fingerprint density at radius 3 is 2.30 bits per heavy atom. The Balaban J connectivity index is 2.58. The van der Waals surface area contributed by atoms with Crippen molar-refractivity contribution in [2.75, 3.05) is 26.1 Å². The fraction of sp³-hybridized carbons (Fsp3) is 0.250. The van der Waals surface area contributed by atoms with Crippen LogP contribution >= 0.6 is 0 Å². The van der Waals surface area contributed by atoms with Gasteiger partial charge in [-0.3, -0.25) is 4.72 Å². The molecule has 1 heterocycles. The summed E-state index contributed by atoms with van der Waals surface area (Å²) in [6, 6.07) is 2.29. The topological polar surface area (TPSA) is 124 Å². The summed E-state index contributed by atoms with van der Waals surface area (Å²) < 4.78 is 55.8. The van der Waals surface area contributed by atoms with Crippen molar-refractivity contribution in [3.8, 4) is 5.75 Å². The van der Waals surface area contributed by atoms with Gasteiger partial charge in [0.15, 0.2) is 11.6 Å². The van der Waals surface area contributed by atoms with Crippen molar-refractivity contribution in [1.82, 2.24) is 4.98 Å². The molecule has 0 bridgehead atoms. The SMILES string of the molecule is COC(=O)c1c[nH]c(C(=O)OC)c1NS(=O)(=O)c1ccc(OC)c(F)c1C. The number of esters is 2. The quantitative estimate of drug-likeness (QED) is 0.709. The molecule has 1 aromatic carbocycles. The predicted octanol–water partition coefficient (Wildman–Crippen LogP) is 1.84. The van der Waals surface area contributed by atoms with Gasteiger partial charge in [-0.25, -0.2) is 22.4 Å². The van der Waals surface area contributed by atoms with Crippen LogP contribution in [-0.4, -0.2) is 46.7 Å². The maximum Gasteiger partial charge on any atom is 0.356 e. The van der Waals surface area contributed by atoms with E-state index in [1.165, 1.54) is 14.0 Å². The van der Waals surface area contributed by atoms with E-state index in [4.69, 9.17) is 4.74 Å². The van der Waals surface area contributed by atoms with Crippen LogP contribution in [0.3, 0.4) is 0 Å². The first-order chi connectivity index (χ1) is 12.7. The minimum absolute atomic E-state index is 0.126. The number of hydrogen-bond acceptors (Lipinski definition) is 7. The van der Waals surface area contributed by atoms with Crippen molar-refractivity contribution < 1.29 is 36.6 Å². The molecule has 0 spiro atoms. The highest BCUT2D eigenvalue weighted by molar-refractivity contribution is 7.92. The Bertz CT molecular complexity index is 965. The molecule has 0 aliphatic heterocycles. The van der Waals surface area contributed by atoms with Crippen LogP contribution in [0.15, 0.2) is 23.2 Å². The lowest BCUT2D eigenvalue weighted by molar-refractivity contribution is 0.0594. The number of carbonyl (C=O) groups is 2. The number of nitrogens with one attached hydrogen (secondary N) is 2. The van der Waals surface area contributed by atoms with Crippen LogP contribution in [0.25, 0.3) is 0 Å². The van der Waals surface area contributed by atoms with E-state index in [1.807, 2.05) is 0 Å². The first-order valence-electron chi connectivity index (χ1n) is 7.41. The van der Waals surface area contributed by atoms with E-state index < -0.39 is 32.7 Å². The Hall–Kier alpha value is -3.08. The maximum atomic E-state index is 14.2. The molecule has 2 aromatic rings. The van der Waals surface area contributed by atoms with Gasteiger partial charge in [-0.15, -0.1) is 0 Å². The molecule has 0 saturated carbocycles. The number of H-pyrrole nitrogens is 1. The Kier molecular flexibility index (Phi) is 5.74. The summed E-state index contributed by atoms with van der Waals surface area (Å²) in [5, 5.41) is 0. The summed E-state index contributed by atoms with van der Waals surface area (Å²) in [6.45, 7) is 1.26. The molecule has 0 atom stereocenters. The molecule has 9 nitrogen and oxygen atoms in total. The van der Waals surface area contributed by atoms with Gasteiger partial charge >= 0.3 is 11.9 Å². The van der Waals surface area contributed by atoms with Crippen molar-refractivity contribution in [3.05, 3.63) is 41.0 Å². The number of sulfonamides is 1. The third kappa shape index (κ3) is 3.72. The van der Waals surface area contributed by atoms with Gasteiger partial charge in [0, 0.05) is 11.8 Å². The molecule has 0 aliphatic carbocycles. The molecule has 27 heavy (non-hydrogen) atoms. The van der Waals surface area contributed by atoms with Crippen LogP contribution in [0, 0.1) is 12.7 Å². The van der Waals surface area contributed by atoms with Crippen molar-refractivity contribution in [3.63, 3.8) is 0 Å². The lowest BCUT2D eigenvalue weighted by Crippen LogP contribution is -2.19. The molecule has 0 fully saturated rings. The lowest BCUT2D eigenvalue weighted by atomic mass is 10.2. The van der Waals surface area contributed by atoms with Gasteiger partial charge in [0.25, 0.3) is 10.0 Å². The number of halogens is 1. The number of carbonyl (C=O) groups excluding carboxylic acids is 2. The second-order valence-electron chi connectivity index (χ2n) is 5.25. The minimum atomic E-state index is -4.37. The van der Waals surface area contributed by atoms with Crippen molar-refractivity contribution in [2.45, 2.75) is 11.8 Å². The number of rotatable bonds is 6. The normalized spacial score (nSPS) is 11.0. The van der Waals surface area contributed by atoms with Gasteiger partial charge in [-0.2, -0.15) is 0 Å². The molecule has 11 heteroatoms. The number of benzene rings is 1. The summed E-state index contributed by atoms with van der Waals surface area (Å²) in [7, 11) is -0.948. The highest BCUT2D eigenvalue weighted by Gasteiger charge is 2.29. The first-order valence-corrected chi connectivity index (χ1v) is 8.90. The number of methoxy groups -OCH3 is 3. The second-order valence-corrected chi connectivity index (χ2v) is 6.90. The van der Waals surface area contributed by atoms with Crippen LogP contribution in [0.1, 0.15) is 26.4 Å². The second kappa shape index (κ2) is 7.66. The molecule has 0 radical (unpaired) electrons. The van der Waals surface area contributed by atoms with E-state index in [0.717, 1.165) is 32.5 Å². The van der Waals surface area contributed by atoms with E-state index in [2.05, 4.69) is 19.2 Å². The number of hydrogen-bond donors (Lipinski definition) is 2. The number of aromatic amines is 1. The molecular formula is C16H17FN2O7S. The van der Waals surface area contributed by atoms with Gasteiger partial charge in [-0.05, 0) is 19.1 Å². The average Bonchev–Trinajstić information content (AvgIpc) is 3.05. The van der Waals surface area contributed by atoms with E-state index >= 15 is 0 Å². The fourth-order valence-corrected chi connectivity index (χ4v) is 3.67. The third-order valence-corrected chi connectivity index (χ3v) is 5.22. The van der Waals surface area contributed by atoms with Gasteiger partial charge in [0.05, 0.1) is 31.9 Å². The third-order valence-electron chi connectivity index (χ3n) is 3.72. The van der Waals surface area contributed by atoms with E-state index in [-0.39, 0.29) is 28.3 Å². The van der Waals surface area contributed by atoms with Gasteiger partial charge in [0.2, 0.25) is 0 Å². The largest absolute Gasteiger partial charge is 0.494 e. The van der Waals surface area contributed by atoms with E-state index in [1.54, 1.807) is 0 Å². The van der Waals surface area contributed by atoms with E-state index in [9.17, 15) is 22.4 Å². The highest BCUT2D eigenvalue weighted by Crippen LogP contribution is 2.30. The molecule has 0 amide bonds. The highest BCUT2D eigenvalue weighted by atomic mass is 32.2. The van der Waals surface area contributed by atoms with Crippen LogP contribution in [0.5, 0.6) is 5.75 Å².